The fourth-order valence-electron chi connectivity index (χ4n) is 2.90. The summed E-state index contributed by atoms with van der Waals surface area (Å²) in [5, 5.41) is 18.3. The molecule has 11 heteroatoms. The summed E-state index contributed by atoms with van der Waals surface area (Å²) in [6, 6.07) is 15.9. The summed E-state index contributed by atoms with van der Waals surface area (Å²) < 4.78 is 19.7. The lowest BCUT2D eigenvalue weighted by atomic mass is 10.2. The van der Waals surface area contributed by atoms with Gasteiger partial charge in [-0.25, -0.2) is 9.07 Å². The van der Waals surface area contributed by atoms with E-state index in [1.54, 1.807) is 30.3 Å². The van der Waals surface area contributed by atoms with E-state index in [0.717, 1.165) is 5.56 Å². The molecule has 0 fully saturated rings. The molecule has 0 N–H and O–H groups in total. The molecule has 5 aromatic rings. The van der Waals surface area contributed by atoms with Gasteiger partial charge >= 0.3 is 0 Å². The highest BCUT2D eigenvalue weighted by Gasteiger charge is 2.15. The Bertz CT molecular complexity index is 1460. The lowest BCUT2D eigenvalue weighted by Crippen LogP contribution is -2.22. The van der Waals surface area contributed by atoms with Crippen molar-refractivity contribution in [2.45, 2.75) is 6.54 Å². The maximum absolute atomic E-state index is 13.1. The van der Waals surface area contributed by atoms with Crippen LogP contribution in [0.5, 0.6) is 0 Å². The Morgan fingerprint density at radius 3 is 2.69 bits per heavy atom. The highest BCUT2D eigenvalue weighted by atomic mass is 35.5. The molecule has 0 unspecified atom stereocenters. The first kappa shape index (κ1) is 20.2. The molecule has 0 spiro atoms. The van der Waals surface area contributed by atoms with Gasteiger partial charge in [-0.05, 0) is 42.5 Å². The first-order valence-electron chi connectivity index (χ1n) is 9.32. The third kappa shape index (κ3) is 4.18. The highest BCUT2D eigenvalue weighted by molar-refractivity contribution is 7.14. The van der Waals surface area contributed by atoms with Crippen molar-refractivity contribution in [3.63, 3.8) is 0 Å². The third-order valence-corrected chi connectivity index (χ3v) is 5.63. The number of nitrogens with zero attached hydrogens (tertiary/aromatic N) is 6. The molecule has 0 bridgehead atoms. The van der Waals surface area contributed by atoms with Crippen LogP contribution >= 0.6 is 22.9 Å². The molecule has 158 valence electrons. The standard InChI is InChI=1S/C21H12ClFN6O2S/c22-14-3-1-2-13(10-14)19-24-20(31-28-19)16-8-9-18(30)29(27-16)11-17-25-26-21(32-17)12-4-6-15(23)7-5-12/h1-10H,11H2. The number of benzene rings is 2. The third-order valence-electron chi connectivity index (χ3n) is 4.44. The molecule has 0 aliphatic carbocycles. The zero-order valence-electron chi connectivity index (χ0n) is 16.1. The lowest BCUT2D eigenvalue weighted by Gasteiger charge is -2.02. The van der Waals surface area contributed by atoms with Gasteiger partial charge in [0.15, 0.2) is 0 Å². The summed E-state index contributed by atoms with van der Waals surface area (Å²) in [5.74, 6) is 0.193. The van der Waals surface area contributed by atoms with Crippen LogP contribution in [0.3, 0.4) is 0 Å². The number of rotatable bonds is 5. The number of aromatic nitrogens is 6. The molecule has 0 atom stereocenters. The highest BCUT2D eigenvalue weighted by Crippen LogP contribution is 2.25. The van der Waals surface area contributed by atoms with Crippen LogP contribution in [0.4, 0.5) is 4.39 Å². The van der Waals surface area contributed by atoms with Crippen molar-refractivity contribution < 1.29 is 8.91 Å². The Balaban J connectivity index is 1.40. The van der Waals surface area contributed by atoms with Gasteiger partial charge in [0.2, 0.25) is 5.82 Å². The van der Waals surface area contributed by atoms with Crippen LogP contribution < -0.4 is 5.56 Å². The zero-order chi connectivity index (χ0) is 22.1. The lowest BCUT2D eigenvalue weighted by molar-refractivity contribution is 0.429. The molecule has 3 aromatic heterocycles. The minimum atomic E-state index is -0.328. The van der Waals surface area contributed by atoms with Crippen molar-refractivity contribution in [3.8, 4) is 33.5 Å². The molecular weight excluding hydrogens is 455 g/mol. The minimum absolute atomic E-state index is 0.112. The maximum Gasteiger partial charge on any atom is 0.278 e. The molecular formula is C21H12ClFN6O2S. The van der Waals surface area contributed by atoms with Crippen LogP contribution in [-0.2, 0) is 6.54 Å². The Hall–Kier alpha value is -3.76. The molecule has 0 amide bonds. The second kappa shape index (κ2) is 8.40. The normalized spacial score (nSPS) is 11.1. The number of hydrogen-bond donors (Lipinski definition) is 0. The molecule has 32 heavy (non-hydrogen) atoms. The largest absolute Gasteiger partial charge is 0.332 e. The van der Waals surface area contributed by atoms with Crippen LogP contribution in [0.2, 0.25) is 5.02 Å². The van der Waals surface area contributed by atoms with E-state index in [4.69, 9.17) is 16.1 Å². The van der Waals surface area contributed by atoms with Crippen LogP contribution in [0, 0.1) is 5.82 Å². The van der Waals surface area contributed by atoms with Gasteiger partial charge in [-0.2, -0.15) is 10.1 Å². The van der Waals surface area contributed by atoms with Crippen molar-refractivity contribution in [3.05, 3.63) is 86.9 Å². The van der Waals surface area contributed by atoms with E-state index in [9.17, 15) is 9.18 Å². The van der Waals surface area contributed by atoms with Crippen LogP contribution in [0.15, 0.2) is 70.0 Å². The maximum atomic E-state index is 13.1. The van der Waals surface area contributed by atoms with E-state index in [1.807, 2.05) is 6.07 Å². The van der Waals surface area contributed by atoms with Crippen LogP contribution in [0.25, 0.3) is 33.5 Å². The van der Waals surface area contributed by atoms with E-state index in [0.29, 0.717) is 32.1 Å². The summed E-state index contributed by atoms with van der Waals surface area (Å²) in [4.78, 5) is 16.7. The van der Waals surface area contributed by atoms with Gasteiger partial charge < -0.3 is 4.52 Å². The van der Waals surface area contributed by atoms with Gasteiger partial charge in [-0.3, -0.25) is 4.79 Å². The molecule has 5 rings (SSSR count). The Morgan fingerprint density at radius 2 is 1.88 bits per heavy atom. The summed E-state index contributed by atoms with van der Waals surface area (Å²) in [7, 11) is 0. The van der Waals surface area contributed by atoms with Crippen molar-refractivity contribution in [1.29, 1.82) is 0 Å². The first-order chi connectivity index (χ1) is 15.5. The molecule has 0 radical (unpaired) electrons. The molecule has 2 aromatic carbocycles. The monoisotopic (exact) mass is 466 g/mol. The van der Waals surface area contributed by atoms with Gasteiger partial charge in [-0.15, -0.1) is 10.2 Å². The van der Waals surface area contributed by atoms with Crippen LogP contribution in [-0.4, -0.2) is 30.1 Å². The Morgan fingerprint density at radius 1 is 1.03 bits per heavy atom. The van der Waals surface area contributed by atoms with Gasteiger partial charge in [0.25, 0.3) is 11.4 Å². The van der Waals surface area contributed by atoms with Gasteiger partial charge in [0.05, 0.1) is 6.54 Å². The summed E-state index contributed by atoms with van der Waals surface area (Å²) in [6.45, 7) is 0.112. The molecule has 0 aliphatic heterocycles. The Labute approximate surface area is 189 Å². The minimum Gasteiger partial charge on any atom is -0.332 e. The Kier molecular flexibility index (Phi) is 5.29. The summed E-state index contributed by atoms with van der Waals surface area (Å²) >= 11 is 7.31. The zero-order valence-corrected chi connectivity index (χ0v) is 17.7. The smallest absolute Gasteiger partial charge is 0.278 e. The van der Waals surface area contributed by atoms with E-state index in [2.05, 4.69) is 25.4 Å². The summed E-state index contributed by atoms with van der Waals surface area (Å²) in [6.07, 6.45) is 0. The second-order valence-electron chi connectivity index (χ2n) is 6.66. The fraction of sp³-hybridized carbons (Fsp3) is 0.0476. The van der Waals surface area contributed by atoms with Crippen LogP contribution in [0.1, 0.15) is 5.01 Å². The van der Waals surface area contributed by atoms with Crippen molar-refractivity contribution >= 4 is 22.9 Å². The van der Waals surface area contributed by atoms with Gasteiger partial charge in [0, 0.05) is 22.2 Å². The SMILES string of the molecule is O=c1ccc(-c2nc(-c3cccc(Cl)c3)no2)nn1Cc1nnc(-c2ccc(F)cc2)s1. The van der Waals surface area contributed by atoms with E-state index >= 15 is 0 Å². The summed E-state index contributed by atoms with van der Waals surface area (Å²) in [5.41, 5.74) is 1.46. The average molecular weight is 467 g/mol. The van der Waals surface area contributed by atoms with Crippen molar-refractivity contribution in [2.24, 2.45) is 0 Å². The van der Waals surface area contributed by atoms with E-state index < -0.39 is 0 Å². The predicted molar refractivity (Wildman–Crippen MR) is 117 cm³/mol. The molecule has 0 saturated carbocycles. The quantitative estimate of drug-likeness (QED) is 0.380. The first-order valence-corrected chi connectivity index (χ1v) is 10.5. The topological polar surface area (TPSA) is 99.6 Å². The second-order valence-corrected chi connectivity index (χ2v) is 8.15. The van der Waals surface area contributed by atoms with E-state index in [-0.39, 0.29) is 23.8 Å². The fourth-order valence-corrected chi connectivity index (χ4v) is 3.92. The number of halogens is 2. The number of hydrogen-bond acceptors (Lipinski definition) is 8. The predicted octanol–water partition coefficient (Wildman–Crippen LogP) is 4.32. The van der Waals surface area contributed by atoms with Crippen molar-refractivity contribution in [2.75, 3.05) is 0 Å². The molecule has 3 heterocycles. The molecule has 8 nitrogen and oxygen atoms in total. The molecule has 0 aliphatic rings. The van der Waals surface area contributed by atoms with Gasteiger partial charge in [-0.1, -0.05) is 40.2 Å². The van der Waals surface area contributed by atoms with E-state index in [1.165, 1.54) is 40.3 Å². The van der Waals surface area contributed by atoms with Crippen molar-refractivity contribution in [1.82, 2.24) is 30.1 Å². The average Bonchev–Trinajstić information content (AvgIpc) is 3.46. The van der Waals surface area contributed by atoms with Gasteiger partial charge in [0.1, 0.15) is 21.5 Å². The molecule has 0 saturated heterocycles.